The smallest absolute Gasteiger partial charge is 0.338 e. The fourth-order valence-electron chi connectivity index (χ4n) is 6.95. The summed E-state index contributed by atoms with van der Waals surface area (Å²) in [4.78, 5) is 46.1. The van der Waals surface area contributed by atoms with Gasteiger partial charge in [-0.25, -0.2) is 14.4 Å². The van der Waals surface area contributed by atoms with Crippen molar-refractivity contribution in [3.05, 3.63) is 69.8 Å². The van der Waals surface area contributed by atoms with Crippen molar-refractivity contribution in [1.29, 1.82) is 0 Å². The first-order chi connectivity index (χ1) is 22.3. The van der Waals surface area contributed by atoms with E-state index in [1.807, 2.05) is 6.07 Å². The highest BCUT2D eigenvalue weighted by Gasteiger charge is 2.43. The van der Waals surface area contributed by atoms with Crippen LogP contribution in [0.15, 0.2) is 36.4 Å². The molecule has 8 heteroatoms. The van der Waals surface area contributed by atoms with Crippen LogP contribution in [0.25, 0.3) is 0 Å². The van der Waals surface area contributed by atoms with Gasteiger partial charge in [-0.15, -0.1) is 0 Å². The summed E-state index contributed by atoms with van der Waals surface area (Å²) >= 11 is 0. The predicted molar refractivity (Wildman–Crippen MR) is 175 cm³/mol. The number of carboxylic acids is 2. The molecule has 2 aromatic rings. The van der Waals surface area contributed by atoms with Gasteiger partial charge in [0.1, 0.15) is 13.2 Å². The highest BCUT2D eigenvalue weighted by atomic mass is 16.5. The molecule has 0 aromatic heterocycles. The Bertz CT molecular complexity index is 1320. The fourth-order valence-corrected chi connectivity index (χ4v) is 6.95. The largest absolute Gasteiger partial charge is 0.478 e. The minimum absolute atomic E-state index is 0.0186. The molecule has 0 amide bonds. The number of hydrogen-bond donors (Lipinski definition) is 2. The second-order valence-electron chi connectivity index (χ2n) is 13.3. The number of hydrogen-bond acceptors (Lipinski definition) is 6. The maximum Gasteiger partial charge on any atom is 0.338 e. The maximum absolute atomic E-state index is 12.8. The second-order valence-corrected chi connectivity index (χ2v) is 13.3. The summed E-state index contributed by atoms with van der Waals surface area (Å²) in [6.07, 6.45) is 22.2. The first-order valence-corrected chi connectivity index (χ1v) is 17.3. The summed E-state index contributed by atoms with van der Waals surface area (Å²) < 4.78 is 11.5. The van der Waals surface area contributed by atoms with Crippen molar-refractivity contribution in [2.75, 3.05) is 13.2 Å². The van der Waals surface area contributed by atoms with Gasteiger partial charge in [-0.1, -0.05) is 95.6 Å². The number of carboxylic acid groups (broad SMARTS) is 2. The van der Waals surface area contributed by atoms with E-state index >= 15 is 0 Å². The Morgan fingerprint density at radius 3 is 1.63 bits per heavy atom. The SMILES string of the molecule is O=C(O)c1cccc(C(=O)O)c1.O=C1CCCCCCCCCCCCCCCCCc2c3ccc4c2CC(CO1)(COC3=O)C4. The molecule has 5 rings (SSSR count). The Balaban J connectivity index is 0.000000337. The highest BCUT2D eigenvalue weighted by Crippen LogP contribution is 2.43. The van der Waals surface area contributed by atoms with Gasteiger partial charge in [-0.2, -0.15) is 0 Å². The van der Waals surface area contributed by atoms with Gasteiger partial charge in [-0.3, -0.25) is 4.79 Å². The summed E-state index contributed by atoms with van der Waals surface area (Å²) in [6.45, 7) is 0.688. The quantitative estimate of drug-likeness (QED) is 0.316. The van der Waals surface area contributed by atoms with Crippen molar-refractivity contribution >= 4 is 23.9 Å². The topological polar surface area (TPSA) is 127 Å². The van der Waals surface area contributed by atoms with Gasteiger partial charge in [-0.05, 0) is 73.1 Å². The number of ether oxygens (including phenoxy) is 2. The molecular weight excluding hydrogens is 584 g/mol. The normalized spacial score (nSPS) is 21.8. The zero-order valence-electron chi connectivity index (χ0n) is 27.2. The van der Waals surface area contributed by atoms with Crippen LogP contribution in [0.3, 0.4) is 0 Å². The Kier molecular flexibility index (Phi) is 13.7. The zero-order chi connectivity index (χ0) is 32.8. The Labute approximate surface area is 272 Å². The van der Waals surface area contributed by atoms with Gasteiger partial charge in [0, 0.05) is 11.8 Å². The monoisotopic (exact) mass is 634 g/mol. The van der Waals surface area contributed by atoms with Gasteiger partial charge in [0.05, 0.1) is 16.7 Å². The number of aromatic carboxylic acids is 2. The van der Waals surface area contributed by atoms with Gasteiger partial charge in [0.2, 0.25) is 0 Å². The molecule has 8 nitrogen and oxygen atoms in total. The van der Waals surface area contributed by atoms with E-state index in [0.29, 0.717) is 19.6 Å². The fraction of sp³-hybridized carbons (Fsp3) is 0.579. The Morgan fingerprint density at radius 1 is 0.587 bits per heavy atom. The lowest BCUT2D eigenvalue weighted by molar-refractivity contribution is -0.148. The second kappa shape index (κ2) is 17.9. The van der Waals surface area contributed by atoms with Gasteiger partial charge in [0.15, 0.2) is 0 Å². The standard InChI is InChI=1S/C30H44O4.C8H6O4/c31-28-17-15-13-11-9-7-5-3-1-2-4-6-8-10-12-14-16-25-26-19-18-24-20-30(22-33-28,21-27(24)25)23-34-29(26)32;9-7(10)5-2-1-3-6(4-5)8(11)12/h18-19H,1-17,20-23H2;1-4H,(H,9,10)(H,11,12). The molecule has 1 aliphatic carbocycles. The molecule has 0 fully saturated rings. The summed E-state index contributed by atoms with van der Waals surface area (Å²) in [7, 11) is 0. The van der Waals surface area contributed by atoms with Crippen molar-refractivity contribution in [3.8, 4) is 0 Å². The Hall–Kier alpha value is -3.68. The van der Waals surface area contributed by atoms with Crippen molar-refractivity contribution in [3.63, 3.8) is 0 Å². The van der Waals surface area contributed by atoms with E-state index < -0.39 is 11.9 Å². The molecule has 0 saturated carbocycles. The van der Waals surface area contributed by atoms with E-state index in [2.05, 4.69) is 6.07 Å². The van der Waals surface area contributed by atoms with E-state index in [1.54, 1.807) is 0 Å². The third kappa shape index (κ3) is 10.4. The van der Waals surface area contributed by atoms with Crippen LogP contribution in [0.4, 0.5) is 0 Å². The molecule has 2 heterocycles. The maximum atomic E-state index is 12.8. The van der Waals surface area contributed by atoms with Crippen molar-refractivity contribution in [2.45, 2.75) is 122 Å². The number of benzene rings is 2. The molecule has 1 atom stereocenters. The predicted octanol–water partition coefficient (Wildman–Crippen LogP) is 8.37. The molecule has 0 spiro atoms. The lowest BCUT2D eigenvalue weighted by Crippen LogP contribution is -2.36. The lowest BCUT2D eigenvalue weighted by Gasteiger charge is -2.29. The van der Waals surface area contributed by atoms with Crippen molar-refractivity contribution in [1.82, 2.24) is 0 Å². The van der Waals surface area contributed by atoms with E-state index in [9.17, 15) is 19.2 Å². The van der Waals surface area contributed by atoms with Crippen LogP contribution in [0.2, 0.25) is 0 Å². The Morgan fingerprint density at radius 2 is 1.09 bits per heavy atom. The van der Waals surface area contributed by atoms with Crippen molar-refractivity contribution in [2.24, 2.45) is 5.41 Å². The molecule has 2 N–H and O–H groups in total. The van der Waals surface area contributed by atoms with Gasteiger partial charge >= 0.3 is 23.9 Å². The average molecular weight is 635 g/mol. The molecule has 0 saturated heterocycles. The van der Waals surface area contributed by atoms with E-state index in [4.69, 9.17) is 19.7 Å². The van der Waals surface area contributed by atoms with Crippen LogP contribution in [-0.4, -0.2) is 47.3 Å². The molecule has 250 valence electrons. The minimum atomic E-state index is -1.13. The van der Waals surface area contributed by atoms with E-state index in [-0.39, 0.29) is 28.5 Å². The van der Waals surface area contributed by atoms with Crippen LogP contribution in [0.5, 0.6) is 0 Å². The van der Waals surface area contributed by atoms with Gasteiger partial charge in [0.25, 0.3) is 0 Å². The third-order valence-corrected chi connectivity index (χ3v) is 9.58. The summed E-state index contributed by atoms with van der Waals surface area (Å²) in [6, 6.07) is 9.27. The first kappa shape index (κ1) is 35.2. The molecule has 4 bridgehead atoms. The summed E-state index contributed by atoms with van der Waals surface area (Å²) in [5.41, 5.74) is 4.27. The van der Waals surface area contributed by atoms with Crippen LogP contribution in [0.1, 0.15) is 150 Å². The molecule has 2 aromatic carbocycles. The molecule has 46 heavy (non-hydrogen) atoms. The average Bonchev–Trinajstić information content (AvgIpc) is 3.46. The third-order valence-electron chi connectivity index (χ3n) is 9.58. The number of carbonyl (C=O) groups excluding carboxylic acids is 2. The van der Waals surface area contributed by atoms with Gasteiger partial charge < -0.3 is 19.7 Å². The minimum Gasteiger partial charge on any atom is -0.478 e. The lowest BCUT2D eigenvalue weighted by atomic mass is 9.85. The van der Waals surface area contributed by atoms with Crippen molar-refractivity contribution < 1.29 is 38.9 Å². The molecule has 0 radical (unpaired) electrons. The van der Waals surface area contributed by atoms with Crippen LogP contribution < -0.4 is 0 Å². The summed E-state index contributed by atoms with van der Waals surface area (Å²) in [5.74, 6) is -2.56. The van der Waals surface area contributed by atoms with Crippen LogP contribution >= 0.6 is 0 Å². The van der Waals surface area contributed by atoms with E-state index in [1.165, 1.54) is 112 Å². The molecule has 1 unspecified atom stereocenters. The summed E-state index contributed by atoms with van der Waals surface area (Å²) in [5, 5.41) is 17.0. The molecular formula is C38H50O8. The zero-order valence-corrected chi connectivity index (χ0v) is 27.2. The van der Waals surface area contributed by atoms with E-state index in [0.717, 1.165) is 50.2 Å². The first-order valence-electron chi connectivity index (χ1n) is 17.3. The highest BCUT2D eigenvalue weighted by molar-refractivity contribution is 5.93. The van der Waals surface area contributed by atoms with Crippen LogP contribution in [-0.2, 0) is 33.5 Å². The number of carbonyl (C=O) groups is 4. The number of rotatable bonds is 2. The van der Waals surface area contributed by atoms with Crippen LogP contribution in [0, 0.1) is 5.41 Å². The molecule has 2 aliphatic heterocycles. The molecule has 3 aliphatic rings. The number of cyclic esters (lactones) is 2. The number of esters is 2.